The highest BCUT2D eigenvalue weighted by Crippen LogP contribution is 2.22. The maximum Gasteiger partial charge on any atom is 0.326 e. The van der Waals surface area contributed by atoms with Gasteiger partial charge in [-0.2, -0.15) is 0 Å². The van der Waals surface area contributed by atoms with E-state index in [2.05, 4.69) is 0 Å². The van der Waals surface area contributed by atoms with E-state index in [0.717, 1.165) is 5.56 Å². The van der Waals surface area contributed by atoms with E-state index in [9.17, 15) is 9.90 Å². The van der Waals surface area contributed by atoms with Gasteiger partial charge in [-0.15, -0.1) is 0 Å². The first kappa shape index (κ1) is 12.1. The lowest BCUT2D eigenvalue weighted by Gasteiger charge is -2.41. The summed E-state index contributed by atoms with van der Waals surface area (Å²) in [6.07, 6.45) is 0. The molecule has 1 aliphatic heterocycles. The van der Waals surface area contributed by atoms with E-state index in [-0.39, 0.29) is 6.61 Å². The zero-order valence-electron chi connectivity index (χ0n) is 9.93. The van der Waals surface area contributed by atoms with Gasteiger partial charge in [-0.1, -0.05) is 30.3 Å². The molecule has 92 valence electrons. The van der Waals surface area contributed by atoms with Crippen LogP contribution in [0.1, 0.15) is 12.5 Å². The molecule has 0 unspecified atom stereocenters. The van der Waals surface area contributed by atoms with Crippen LogP contribution in [0.3, 0.4) is 0 Å². The number of hydrogen-bond donors (Lipinski definition) is 1. The standard InChI is InChI=1S/C13H17NO3/c1-13(12(15)16)10-17-8-7-14(13)9-11-5-3-2-4-6-11/h2-6H,7-10H2,1H3,(H,15,16)/t13-/m0/s1. The largest absolute Gasteiger partial charge is 0.480 e. The highest BCUT2D eigenvalue weighted by molar-refractivity contribution is 5.78. The lowest BCUT2D eigenvalue weighted by atomic mass is 9.99. The van der Waals surface area contributed by atoms with Gasteiger partial charge < -0.3 is 9.84 Å². The maximum absolute atomic E-state index is 11.4. The van der Waals surface area contributed by atoms with E-state index >= 15 is 0 Å². The van der Waals surface area contributed by atoms with Gasteiger partial charge in [0.25, 0.3) is 0 Å². The van der Waals surface area contributed by atoms with Crippen LogP contribution < -0.4 is 0 Å². The molecule has 1 fully saturated rings. The zero-order valence-corrected chi connectivity index (χ0v) is 9.93. The van der Waals surface area contributed by atoms with Gasteiger partial charge in [-0.25, -0.2) is 0 Å². The minimum atomic E-state index is -0.923. The fourth-order valence-corrected chi connectivity index (χ4v) is 2.04. The molecular weight excluding hydrogens is 218 g/mol. The molecule has 4 heteroatoms. The summed E-state index contributed by atoms with van der Waals surface area (Å²) < 4.78 is 5.29. The van der Waals surface area contributed by atoms with Crippen molar-refractivity contribution in [1.29, 1.82) is 0 Å². The molecule has 2 rings (SSSR count). The van der Waals surface area contributed by atoms with Crippen molar-refractivity contribution in [2.24, 2.45) is 0 Å². The Labute approximate surface area is 101 Å². The van der Waals surface area contributed by atoms with Crippen molar-refractivity contribution in [2.45, 2.75) is 19.0 Å². The third-order valence-corrected chi connectivity index (χ3v) is 3.26. The minimum Gasteiger partial charge on any atom is -0.480 e. The molecule has 1 aromatic carbocycles. The molecule has 0 amide bonds. The van der Waals surface area contributed by atoms with Crippen molar-refractivity contribution in [1.82, 2.24) is 4.90 Å². The normalized spacial score (nSPS) is 25.7. The summed E-state index contributed by atoms with van der Waals surface area (Å²) in [7, 11) is 0. The van der Waals surface area contributed by atoms with Gasteiger partial charge in [-0.05, 0) is 12.5 Å². The SMILES string of the molecule is C[C@@]1(C(=O)O)COCCN1Cc1ccccc1. The summed E-state index contributed by atoms with van der Waals surface area (Å²) in [6.45, 7) is 3.85. The van der Waals surface area contributed by atoms with E-state index in [4.69, 9.17) is 4.74 Å². The van der Waals surface area contributed by atoms with Gasteiger partial charge in [0.1, 0.15) is 5.54 Å². The van der Waals surface area contributed by atoms with Crippen molar-refractivity contribution in [2.75, 3.05) is 19.8 Å². The number of carbonyl (C=O) groups is 1. The van der Waals surface area contributed by atoms with Crippen molar-refractivity contribution >= 4 is 5.97 Å². The number of aliphatic carboxylic acids is 1. The second kappa shape index (κ2) is 4.85. The molecule has 0 spiro atoms. The van der Waals surface area contributed by atoms with E-state index < -0.39 is 11.5 Å². The summed E-state index contributed by atoms with van der Waals surface area (Å²) in [5.41, 5.74) is 0.204. The Morgan fingerprint density at radius 2 is 2.18 bits per heavy atom. The molecule has 1 aromatic rings. The van der Waals surface area contributed by atoms with E-state index in [0.29, 0.717) is 19.7 Å². The van der Waals surface area contributed by atoms with E-state index in [1.807, 2.05) is 35.2 Å². The smallest absolute Gasteiger partial charge is 0.326 e. The molecule has 0 aliphatic carbocycles. The zero-order chi connectivity index (χ0) is 12.3. The third kappa shape index (κ3) is 2.48. The Hall–Kier alpha value is -1.39. The minimum absolute atomic E-state index is 0.245. The maximum atomic E-state index is 11.4. The van der Waals surface area contributed by atoms with Crippen molar-refractivity contribution in [3.8, 4) is 0 Å². The summed E-state index contributed by atoms with van der Waals surface area (Å²) in [6, 6.07) is 9.91. The van der Waals surface area contributed by atoms with Crippen molar-refractivity contribution in [3.63, 3.8) is 0 Å². The first-order valence-corrected chi connectivity index (χ1v) is 5.73. The number of hydrogen-bond acceptors (Lipinski definition) is 3. The van der Waals surface area contributed by atoms with Crippen LogP contribution >= 0.6 is 0 Å². The van der Waals surface area contributed by atoms with Crippen LogP contribution in [0.4, 0.5) is 0 Å². The number of morpholine rings is 1. The Kier molecular flexibility index (Phi) is 3.45. The molecule has 1 aliphatic rings. The average molecular weight is 235 g/mol. The lowest BCUT2D eigenvalue weighted by Crippen LogP contribution is -2.59. The number of rotatable bonds is 3. The summed E-state index contributed by atoms with van der Waals surface area (Å²) in [5.74, 6) is -0.826. The highest BCUT2D eigenvalue weighted by Gasteiger charge is 2.42. The number of carboxylic acids is 1. The van der Waals surface area contributed by atoms with Crippen molar-refractivity contribution < 1.29 is 14.6 Å². The van der Waals surface area contributed by atoms with Crippen LogP contribution in [0.5, 0.6) is 0 Å². The van der Waals surface area contributed by atoms with Gasteiger partial charge in [0, 0.05) is 13.1 Å². The monoisotopic (exact) mass is 235 g/mol. The Balaban J connectivity index is 2.15. The second-order valence-electron chi connectivity index (χ2n) is 4.54. The predicted octanol–water partition coefficient (Wildman–Crippen LogP) is 1.36. The number of nitrogens with zero attached hydrogens (tertiary/aromatic N) is 1. The molecule has 1 saturated heterocycles. The number of ether oxygens (including phenoxy) is 1. The highest BCUT2D eigenvalue weighted by atomic mass is 16.5. The molecule has 17 heavy (non-hydrogen) atoms. The Bertz CT molecular complexity index is 393. The summed E-state index contributed by atoms with van der Waals surface area (Å²) in [5, 5.41) is 9.32. The van der Waals surface area contributed by atoms with Crippen LogP contribution in [-0.2, 0) is 16.1 Å². The molecule has 0 saturated carbocycles. The van der Waals surface area contributed by atoms with Crippen LogP contribution in [0, 0.1) is 0 Å². The molecule has 1 atom stereocenters. The van der Waals surface area contributed by atoms with Crippen LogP contribution in [0.15, 0.2) is 30.3 Å². The molecule has 0 radical (unpaired) electrons. The van der Waals surface area contributed by atoms with Gasteiger partial charge in [0.15, 0.2) is 0 Å². The van der Waals surface area contributed by atoms with Crippen molar-refractivity contribution in [3.05, 3.63) is 35.9 Å². The van der Waals surface area contributed by atoms with E-state index in [1.54, 1.807) is 6.92 Å². The van der Waals surface area contributed by atoms with Gasteiger partial charge in [0.2, 0.25) is 0 Å². The summed E-state index contributed by atoms with van der Waals surface area (Å²) >= 11 is 0. The Morgan fingerprint density at radius 1 is 1.47 bits per heavy atom. The fourth-order valence-electron chi connectivity index (χ4n) is 2.04. The molecule has 0 aromatic heterocycles. The lowest BCUT2D eigenvalue weighted by molar-refractivity contribution is -0.162. The number of benzene rings is 1. The van der Waals surface area contributed by atoms with Gasteiger partial charge in [0.05, 0.1) is 13.2 Å². The van der Waals surface area contributed by atoms with Crippen LogP contribution in [0.25, 0.3) is 0 Å². The van der Waals surface area contributed by atoms with Crippen LogP contribution in [0.2, 0.25) is 0 Å². The molecule has 0 bridgehead atoms. The predicted molar refractivity (Wildman–Crippen MR) is 63.7 cm³/mol. The molecular formula is C13H17NO3. The quantitative estimate of drug-likeness (QED) is 0.859. The third-order valence-electron chi connectivity index (χ3n) is 3.26. The fraction of sp³-hybridized carbons (Fsp3) is 0.462. The summed E-state index contributed by atoms with van der Waals surface area (Å²) in [4.78, 5) is 13.3. The van der Waals surface area contributed by atoms with Gasteiger partial charge in [-0.3, -0.25) is 9.69 Å². The molecule has 4 nitrogen and oxygen atoms in total. The van der Waals surface area contributed by atoms with Gasteiger partial charge >= 0.3 is 5.97 Å². The average Bonchev–Trinajstić information content (AvgIpc) is 2.33. The topological polar surface area (TPSA) is 49.8 Å². The van der Waals surface area contributed by atoms with E-state index in [1.165, 1.54) is 0 Å². The molecule has 1 N–H and O–H groups in total. The second-order valence-corrected chi connectivity index (χ2v) is 4.54. The first-order valence-electron chi connectivity index (χ1n) is 5.73. The first-order chi connectivity index (χ1) is 8.13. The molecule has 1 heterocycles. The Morgan fingerprint density at radius 3 is 2.82 bits per heavy atom. The van der Waals surface area contributed by atoms with Crippen LogP contribution in [-0.4, -0.2) is 41.3 Å². The number of carboxylic acid groups (broad SMARTS) is 1.